The first-order valence-corrected chi connectivity index (χ1v) is 6.26. The number of ether oxygens (including phenoxy) is 1. The maximum atomic E-state index is 11.0. The van der Waals surface area contributed by atoms with Crippen molar-refractivity contribution in [1.82, 2.24) is 4.98 Å². The Kier molecular flexibility index (Phi) is 4.16. The normalized spacial score (nSPS) is 22.8. The Morgan fingerprint density at radius 1 is 1.47 bits per heavy atom. The molecule has 0 radical (unpaired) electrons. The molecule has 1 fully saturated rings. The van der Waals surface area contributed by atoms with Crippen molar-refractivity contribution in [3.63, 3.8) is 0 Å². The molecule has 104 valence electrons. The summed E-state index contributed by atoms with van der Waals surface area (Å²) in [6, 6.07) is 2.59. The number of aliphatic hydroxyl groups is 1. The maximum absolute atomic E-state index is 11.0. The first kappa shape index (κ1) is 13.5. The fourth-order valence-corrected chi connectivity index (χ4v) is 2.26. The van der Waals surface area contributed by atoms with Gasteiger partial charge in [-0.25, -0.2) is 0 Å². The molecule has 2 unspecified atom stereocenters. The van der Waals surface area contributed by atoms with Crippen molar-refractivity contribution >= 4 is 11.5 Å². The van der Waals surface area contributed by atoms with Crippen LogP contribution in [0.15, 0.2) is 12.1 Å². The SMILES string of the molecule is COc1ccc([N+](=O)[O-])c(NC2CCCCC2O)n1. The summed E-state index contributed by atoms with van der Waals surface area (Å²) in [4.78, 5) is 14.5. The Balaban J connectivity index is 2.23. The third kappa shape index (κ3) is 3.11. The summed E-state index contributed by atoms with van der Waals surface area (Å²) in [5.74, 6) is 0.452. The maximum Gasteiger partial charge on any atom is 0.311 e. The highest BCUT2D eigenvalue weighted by atomic mass is 16.6. The van der Waals surface area contributed by atoms with Crippen molar-refractivity contribution < 1.29 is 14.8 Å². The second-order valence-electron chi connectivity index (χ2n) is 4.58. The number of rotatable bonds is 4. The molecule has 2 atom stereocenters. The molecule has 1 aliphatic carbocycles. The van der Waals surface area contributed by atoms with E-state index in [1.165, 1.54) is 19.2 Å². The Morgan fingerprint density at radius 3 is 2.84 bits per heavy atom. The van der Waals surface area contributed by atoms with Gasteiger partial charge in [0.1, 0.15) is 0 Å². The van der Waals surface area contributed by atoms with Crippen LogP contribution in [0.25, 0.3) is 0 Å². The van der Waals surface area contributed by atoms with Gasteiger partial charge in [0.15, 0.2) is 0 Å². The fourth-order valence-electron chi connectivity index (χ4n) is 2.26. The van der Waals surface area contributed by atoms with Crippen LogP contribution in [0.4, 0.5) is 11.5 Å². The van der Waals surface area contributed by atoms with Crippen LogP contribution in [0.2, 0.25) is 0 Å². The van der Waals surface area contributed by atoms with Crippen molar-refractivity contribution in [2.24, 2.45) is 0 Å². The predicted octanol–water partition coefficient (Wildman–Crippen LogP) is 1.71. The number of aromatic nitrogens is 1. The summed E-state index contributed by atoms with van der Waals surface area (Å²) in [6.45, 7) is 0. The summed E-state index contributed by atoms with van der Waals surface area (Å²) < 4.78 is 4.97. The summed E-state index contributed by atoms with van der Waals surface area (Å²) in [7, 11) is 1.45. The summed E-state index contributed by atoms with van der Waals surface area (Å²) in [5.41, 5.74) is -0.112. The third-order valence-corrected chi connectivity index (χ3v) is 3.31. The summed E-state index contributed by atoms with van der Waals surface area (Å²) in [5, 5.41) is 23.8. The number of nitrogens with zero attached hydrogens (tertiary/aromatic N) is 2. The smallest absolute Gasteiger partial charge is 0.311 e. The van der Waals surface area contributed by atoms with E-state index in [0.29, 0.717) is 12.3 Å². The number of methoxy groups -OCH3 is 1. The minimum Gasteiger partial charge on any atom is -0.481 e. The minimum atomic E-state index is -0.499. The zero-order chi connectivity index (χ0) is 13.8. The average molecular weight is 267 g/mol. The van der Waals surface area contributed by atoms with Gasteiger partial charge in [-0.1, -0.05) is 12.8 Å². The highest BCUT2D eigenvalue weighted by Gasteiger charge is 2.26. The van der Waals surface area contributed by atoms with Crippen molar-refractivity contribution in [1.29, 1.82) is 0 Å². The molecule has 0 aromatic carbocycles. The van der Waals surface area contributed by atoms with Gasteiger partial charge in [0, 0.05) is 12.1 Å². The number of pyridine rings is 1. The van der Waals surface area contributed by atoms with Crippen LogP contribution < -0.4 is 10.1 Å². The van der Waals surface area contributed by atoms with Gasteiger partial charge in [-0.2, -0.15) is 4.98 Å². The number of nitro groups is 1. The molecular formula is C12H17N3O4. The predicted molar refractivity (Wildman–Crippen MR) is 69.3 cm³/mol. The van der Waals surface area contributed by atoms with Gasteiger partial charge in [0.05, 0.1) is 24.2 Å². The van der Waals surface area contributed by atoms with Crippen molar-refractivity contribution in [2.45, 2.75) is 37.8 Å². The Hall–Kier alpha value is -1.89. The van der Waals surface area contributed by atoms with Crippen LogP contribution in [-0.2, 0) is 0 Å². The molecular weight excluding hydrogens is 250 g/mol. The van der Waals surface area contributed by atoms with Crippen LogP contribution >= 0.6 is 0 Å². The molecule has 19 heavy (non-hydrogen) atoms. The lowest BCUT2D eigenvalue weighted by Crippen LogP contribution is -2.36. The third-order valence-electron chi connectivity index (χ3n) is 3.31. The molecule has 1 saturated carbocycles. The topological polar surface area (TPSA) is 97.5 Å². The first-order valence-electron chi connectivity index (χ1n) is 6.26. The van der Waals surface area contributed by atoms with Gasteiger partial charge >= 0.3 is 5.69 Å². The lowest BCUT2D eigenvalue weighted by Gasteiger charge is -2.28. The standard InChI is InChI=1S/C12H17N3O4/c1-19-11-7-6-9(15(17)18)12(14-11)13-8-4-2-3-5-10(8)16/h6-8,10,16H,2-5H2,1H3,(H,13,14). The molecule has 2 rings (SSSR count). The average Bonchev–Trinajstić information content (AvgIpc) is 2.41. The molecule has 7 heteroatoms. The van der Waals surface area contributed by atoms with E-state index in [1.54, 1.807) is 0 Å². The van der Waals surface area contributed by atoms with Crippen LogP contribution in [0, 0.1) is 10.1 Å². The Bertz CT molecular complexity index is 466. The monoisotopic (exact) mass is 267 g/mol. The second kappa shape index (κ2) is 5.83. The Labute approximate surface area is 110 Å². The van der Waals surface area contributed by atoms with Gasteiger partial charge in [-0.3, -0.25) is 10.1 Å². The van der Waals surface area contributed by atoms with E-state index in [2.05, 4.69) is 10.3 Å². The molecule has 0 aliphatic heterocycles. The van der Waals surface area contributed by atoms with E-state index < -0.39 is 11.0 Å². The quantitative estimate of drug-likeness (QED) is 0.636. The van der Waals surface area contributed by atoms with E-state index in [0.717, 1.165) is 19.3 Å². The minimum absolute atomic E-state index is 0.112. The van der Waals surface area contributed by atoms with Gasteiger partial charge in [0.2, 0.25) is 11.7 Å². The summed E-state index contributed by atoms with van der Waals surface area (Å²) >= 11 is 0. The van der Waals surface area contributed by atoms with Crippen molar-refractivity contribution in [3.05, 3.63) is 22.2 Å². The van der Waals surface area contributed by atoms with Gasteiger partial charge < -0.3 is 15.2 Å². The molecule has 0 saturated heterocycles. The van der Waals surface area contributed by atoms with E-state index >= 15 is 0 Å². The molecule has 1 aliphatic rings. The highest BCUT2D eigenvalue weighted by Crippen LogP contribution is 2.28. The molecule has 2 N–H and O–H groups in total. The first-order chi connectivity index (χ1) is 9.11. The molecule has 0 amide bonds. The molecule has 0 spiro atoms. The number of hydrogen-bond donors (Lipinski definition) is 2. The van der Waals surface area contributed by atoms with Crippen LogP contribution in [0.5, 0.6) is 5.88 Å². The largest absolute Gasteiger partial charge is 0.481 e. The number of nitrogens with one attached hydrogen (secondary N) is 1. The number of hydrogen-bond acceptors (Lipinski definition) is 6. The lowest BCUT2D eigenvalue weighted by molar-refractivity contribution is -0.384. The van der Waals surface area contributed by atoms with E-state index in [-0.39, 0.29) is 17.5 Å². The molecule has 7 nitrogen and oxygen atoms in total. The number of anilines is 1. The van der Waals surface area contributed by atoms with Crippen molar-refractivity contribution in [2.75, 3.05) is 12.4 Å². The molecule has 1 aromatic heterocycles. The van der Waals surface area contributed by atoms with Crippen LogP contribution in [0.1, 0.15) is 25.7 Å². The van der Waals surface area contributed by atoms with Crippen molar-refractivity contribution in [3.8, 4) is 5.88 Å². The number of aliphatic hydroxyl groups excluding tert-OH is 1. The fraction of sp³-hybridized carbons (Fsp3) is 0.583. The van der Waals surface area contributed by atoms with E-state index in [9.17, 15) is 15.2 Å². The zero-order valence-corrected chi connectivity index (χ0v) is 10.7. The van der Waals surface area contributed by atoms with E-state index in [1.807, 2.05) is 0 Å². The molecule has 1 aromatic rings. The Morgan fingerprint density at radius 2 is 2.21 bits per heavy atom. The second-order valence-corrected chi connectivity index (χ2v) is 4.58. The zero-order valence-electron chi connectivity index (χ0n) is 10.7. The molecule has 1 heterocycles. The van der Waals surface area contributed by atoms with Gasteiger partial charge in [0.25, 0.3) is 0 Å². The van der Waals surface area contributed by atoms with E-state index in [4.69, 9.17) is 4.74 Å². The van der Waals surface area contributed by atoms with Gasteiger partial charge in [-0.05, 0) is 12.8 Å². The highest BCUT2D eigenvalue weighted by molar-refractivity contribution is 5.57. The lowest BCUT2D eigenvalue weighted by atomic mass is 9.92. The van der Waals surface area contributed by atoms with Crippen LogP contribution in [0.3, 0.4) is 0 Å². The molecule has 0 bridgehead atoms. The van der Waals surface area contributed by atoms with Crippen LogP contribution in [-0.4, -0.2) is 34.3 Å². The van der Waals surface area contributed by atoms with Gasteiger partial charge in [-0.15, -0.1) is 0 Å². The summed E-state index contributed by atoms with van der Waals surface area (Å²) in [6.07, 6.45) is 2.95.